The summed E-state index contributed by atoms with van der Waals surface area (Å²) >= 11 is 0. The minimum Gasteiger partial charge on any atom is -0.481 e. The zero-order chi connectivity index (χ0) is 30.6. The van der Waals surface area contributed by atoms with Crippen molar-refractivity contribution in [1.82, 2.24) is 10.6 Å². The summed E-state index contributed by atoms with van der Waals surface area (Å²) in [7, 11) is 0. The Morgan fingerprint density at radius 3 is 1.80 bits per heavy atom. The first-order valence-electron chi connectivity index (χ1n) is 14.6. The number of hydrogen-bond acceptors (Lipinski definition) is 9. The van der Waals surface area contributed by atoms with Gasteiger partial charge in [0.25, 0.3) is 0 Å². The van der Waals surface area contributed by atoms with Gasteiger partial charge in [0.15, 0.2) is 0 Å². The van der Waals surface area contributed by atoms with Crippen molar-refractivity contribution in [2.24, 2.45) is 5.92 Å². The highest BCUT2D eigenvalue weighted by Crippen LogP contribution is 2.15. The van der Waals surface area contributed by atoms with Crippen LogP contribution in [0.25, 0.3) is 0 Å². The van der Waals surface area contributed by atoms with Gasteiger partial charge >= 0.3 is 11.9 Å². The number of amides is 2. The number of rotatable bonds is 30. The highest BCUT2D eigenvalue weighted by Gasteiger charge is 2.19. The molecule has 0 radical (unpaired) electrons. The van der Waals surface area contributed by atoms with Crippen molar-refractivity contribution in [3.05, 3.63) is 0 Å². The van der Waals surface area contributed by atoms with Gasteiger partial charge in [-0.3, -0.25) is 14.4 Å². The van der Waals surface area contributed by atoms with E-state index in [0.29, 0.717) is 65.3 Å². The van der Waals surface area contributed by atoms with E-state index in [9.17, 15) is 24.0 Å². The van der Waals surface area contributed by atoms with Crippen LogP contribution in [-0.4, -0.2) is 106 Å². The van der Waals surface area contributed by atoms with Gasteiger partial charge in [0.2, 0.25) is 11.8 Å². The van der Waals surface area contributed by atoms with Crippen molar-refractivity contribution >= 4 is 30.0 Å². The zero-order valence-electron chi connectivity index (χ0n) is 24.4. The van der Waals surface area contributed by atoms with Crippen LogP contribution >= 0.6 is 0 Å². The average Bonchev–Trinajstić information content (AvgIpc) is 2.94. The molecule has 2 amide bonds. The Morgan fingerprint density at radius 1 is 0.683 bits per heavy atom. The fraction of sp³-hybridized carbons (Fsp3) is 0.821. The van der Waals surface area contributed by atoms with E-state index in [0.717, 1.165) is 38.5 Å². The number of carbonyl (C=O) groups is 5. The minimum atomic E-state index is -1.18. The maximum atomic E-state index is 11.8. The van der Waals surface area contributed by atoms with E-state index in [1.165, 1.54) is 0 Å². The quantitative estimate of drug-likeness (QED) is 0.0707. The number of carboxylic acid groups (broad SMARTS) is 2. The highest BCUT2D eigenvalue weighted by molar-refractivity contribution is 5.83. The van der Waals surface area contributed by atoms with Crippen LogP contribution in [-0.2, 0) is 42.9 Å². The molecule has 1 unspecified atom stereocenters. The van der Waals surface area contributed by atoms with Crippen LogP contribution in [0.3, 0.4) is 0 Å². The van der Waals surface area contributed by atoms with Crippen molar-refractivity contribution in [2.75, 3.05) is 59.4 Å². The molecule has 0 aliphatic rings. The summed E-state index contributed by atoms with van der Waals surface area (Å²) in [5, 5.41) is 23.2. The normalized spacial score (nSPS) is 12.4. The third-order valence-corrected chi connectivity index (χ3v) is 6.16. The molecular formula is C28H50N2O11. The van der Waals surface area contributed by atoms with Crippen molar-refractivity contribution in [3.63, 3.8) is 0 Å². The van der Waals surface area contributed by atoms with Crippen LogP contribution in [0.5, 0.6) is 0 Å². The van der Waals surface area contributed by atoms with Gasteiger partial charge in [-0.2, -0.15) is 0 Å². The van der Waals surface area contributed by atoms with Crippen molar-refractivity contribution in [3.8, 4) is 0 Å². The summed E-state index contributed by atoms with van der Waals surface area (Å²) in [6.45, 7) is 5.04. The molecule has 13 heteroatoms. The molecule has 0 aromatic rings. The number of aliphatic carboxylic acids is 2. The largest absolute Gasteiger partial charge is 0.481 e. The molecule has 0 spiro atoms. The number of unbranched alkanes of at least 4 members (excludes halogenated alkanes) is 4. The van der Waals surface area contributed by atoms with Gasteiger partial charge in [-0.25, -0.2) is 4.79 Å². The number of carbonyl (C=O) groups excluding carboxylic acids is 3. The van der Waals surface area contributed by atoms with Crippen molar-refractivity contribution in [2.45, 2.75) is 83.6 Å². The smallest absolute Gasteiger partial charge is 0.326 e. The molecule has 0 fully saturated rings. The molecule has 13 nitrogen and oxygen atoms in total. The molecule has 0 bridgehead atoms. The summed E-state index contributed by atoms with van der Waals surface area (Å²) in [5.41, 5.74) is 0. The van der Waals surface area contributed by atoms with E-state index < -0.39 is 23.9 Å². The summed E-state index contributed by atoms with van der Waals surface area (Å²) in [6, 6.07) is -1.09. The fourth-order valence-electron chi connectivity index (χ4n) is 3.75. The molecule has 0 aromatic heterocycles. The van der Waals surface area contributed by atoms with Crippen LogP contribution < -0.4 is 10.6 Å². The molecule has 0 saturated heterocycles. The Morgan fingerprint density at radius 2 is 1.24 bits per heavy atom. The second kappa shape index (κ2) is 27.6. The number of carboxylic acids is 2. The second-order valence-corrected chi connectivity index (χ2v) is 9.50. The van der Waals surface area contributed by atoms with Crippen molar-refractivity contribution < 1.29 is 53.1 Å². The lowest BCUT2D eigenvalue weighted by Gasteiger charge is -2.13. The summed E-state index contributed by atoms with van der Waals surface area (Å²) in [5.74, 6) is -2.59. The summed E-state index contributed by atoms with van der Waals surface area (Å²) < 4.78 is 21.5. The van der Waals surface area contributed by atoms with Gasteiger partial charge in [0.05, 0.1) is 58.8 Å². The SMILES string of the molecule is CCC(CCCCCCCC(=O)NCCOCCOCCOCCOCCC(=O)N[C@@H](CCC=O)C(=O)O)C(=O)O. The Labute approximate surface area is 243 Å². The third kappa shape index (κ3) is 24.9. The monoisotopic (exact) mass is 590 g/mol. The van der Waals surface area contributed by atoms with Crippen LogP contribution in [0.1, 0.15) is 77.6 Å². The first-order chi connectivity index (χ1) is 19.8. The standard InChI is InChI=1S/C28H50N2O11/c1-2-23(27(34)35)9-6-4-3-5-7-11-25(32)29-13-16-39-18-20-41-22-21-40-19-17-38-15-12-26(33)30-24(28(36)37)10-8-14-31/h14,23-24H,2-13,15-22H2,1H3,(H,29,32)(H,30,33)(H,34,35)(H,36,37)/t23?,24-/m0/s1. The van der Waals surface area contributed by atoms with Gasteiger partial charge in [-0.15, -0.1) is 0 Å². The predicted octanol–water partition coefficient (Wildman–Crippen LogP) is 1.95. The Kier molecular flexibility index (Phi) is 25.8. The average molecular weight is 591 g/mol. The number of nitrogens with one attached hydrogen (secondary N) is 2. The van der Waals surface area contributed by atoms with Gasteiger partial charge in [0, 0.05) is 25.8 Å². The summed E-state index contributed by atoms with van der Waals surface area (Å²) in [4.78, 5) is 56.0. The van der Waals surface area contributed by atoms with Gasteiger partial charge in [-0.1, -0.05) is 32.6 Å². The van der Waals surface area contributed by atoms with Crippen LogP contribution in [0.15, 0.2) is 0 Å². The number of hydrogen-bond donors (Lipinski definition) is 4. The first kappa shape index (κ1) is 38.4. The van der Waals surface area contributed by atoms with E-state index in [1.54, 1.807) is 0 Å². The number of aldehydes is 1. The minimum absolute atomic E-state index is 0.00378. The predicted molar refractivity (Wildman–Crippen MR) is 150 cm³/mol. The molecule has 0 heterocycles. The van der Waals surface area contributed by atoms with E-state index >= 15 is 0 Å². The van der Waals surface area contributed by atoms with Crippen molar-refractivity contribution in [1.29, 1.82) is 0 Å². The van der Waals surface area contributed by atoms with E-state index in [-0.39, 0.29) is 44.3 Å². The molecule has 0 saturated carbocycles. The van der Waals surface area contributed by atoms with E-state index in [1.807, 2.05) is 6.92 Å². The molecule has 4 N–H and O–H groups in total. The Hall–Kier alpha value is -2.61. The first-order valence-corrected chi connectivity index (χ1v) is 14.6. The Balaban J connectivity index is 3.41. The maximum Gasteiger partial charge on any atom is 0.326 e. The molecule has 2 atom stereocenters. The molecular weight excluding hydrogens is 540 g/mol. The maximum absolute atomic E-state index is 11.8. The lowest BCUT2D eigenvalue weighted by atomic mass is 9.98. The van der Waals surface area contributed by atoms with Crippen LogP contribution in [0.2, 0.25) is 0 Å². The van der Waals surface area contributed by atoms with Crippen LogP contribution in [0.4, 0.5) is 0 Å². The fourth-order valence-corrected chi connectivity index (χ4v) is 3.75. The lowest BCUT2D eigenvalue weighted by molar-refractivity contribution is -0.142. The topological polar surface area (TPSA) is 187 Å². The van der Waals surface area contributed by atoms with Gasteiger partial charge in [-0.05, 0) is 25.7 Å². The summed E-state index contributed by atoms with van der Waals surface area (Å²) in [6.07, 6.45) is 7.29. The zero-order valence-corrected chi connectivity index (χ0v) is 24.4. The third-order valence-electron chi connectivity index (χ3n) is 6.16. The molecule has 0 aromatic carbocycles. The van der Waals surface area contributed by atoms with E-state index in [4.69, 9.17) is 29.2 Å². The van der Waals surface area contributed by atoms with Gasteiger partial charge in [0.1, 0.15) is 12.3 Å². The highest BCUT2D eigenvalue weighted by atomic mass is 16.6. The van der Waals surface area contributed by atoms with E-state index in [2.05, 4.69) is 10.6 Å². The number of ether oxygens (including phenoxy) is 4. The van der Waals surface area contributed by atoms with Crippen LogP contribution in [0, 0.1) is 5.92 Å². The molecule has 0 aliphatic heterocycles. The molecule has 0 rings (SSSR count). The lowest BCUT2D eigenvalue weighted by Crippen LogP contribution is -2.41. The Bertz CT molecular complexity index is 721. The van der Waals surface area contributed by atoms with Gasteiger partial charge < -0.3 is 44.6 Å². The molecule has 0 aliphatic carbocycles. The molecule has 41 heavy (non-hydrogen) atoms. The molecule has 238 valence electrons. The second-order valence-electron chi connectivity index (χ2n) is 9.50.